The van der Waals surface area contributed by atoms with Crippen molar-refractivity contribution in [1.29, 1.82) is 0 Å². The van der Waals surface area contributed by atoms with Crippen molar-refractivity contribution in [2.45, 2.75) is 13.3 Å². The molecule has 0 atom stereocenters. The summed E-state index contributed by atoms with van der Waals surface area (Å²) < 4.78 is 0. The van der Waals surface area contributed by atoms with Gasteiger partial charge in [-0.3, -0.25) is 9.59 Å². The molecule has 6 heteroatoms. The predicted octanol–water partition coefficient (Wildman–Crippen LogP) is 4.59. The molecule has 4 nitrogen and oxygen atoms in total. The summed E-state index contributed by atoms with van der Waals surface area (Å²) in [5, 5.41) is 6.19. The molecule has 2 N–H and O–H groups in total. The van der Waals surface area contributed by atoms with Crippen LogP contribution in [0.5, 0.6) is 0 Å². The van der Waals surface area contributed by atoms with Gasteiger partial charge in [0.25, 0.3) is 5.91 Å². The van der Waals surface area contributed by atoms with Crippen molar-refractivity contribution < 1.29 is 9.59 Å². The van der Waals surface area contributed by atoms with Crippen LogP contribution in [0.3, 0.4) is 0 Å². The van der Waals surface area contributed by atoms with Gasteiger partial charge in [0.15, 0.2) is 0 Å². The molecule has 2 aromatic rings. The Bertz CT molecular complexity index is 717. The Balaban J connectivity index is 2.12. The first-order valence-corrected chi connectivity index (χ1v) is 7.41. The zero-order chi connectivity index (χ0) is 16.1. The SMILES string of the molecule is CCC(=O)Nc1cccc(NC(=O)c2ccc(Cl)c(Cl)c2)c1. The van der Waals surface area contributed by atoms with Crippen LogP contribution in [0.15, 0.2) is 42.5 Å². The lowest BCUT2D eigenvalue weighted by Crippen LogP contribution is -2.13. The number of carbonyl (C=O) groups is 2. The molecule has 0 aromatic heterocycles. The molecule has 0 radical (unpaired) electrons. The van der Waals surface area contributed by atoms with E-state index in [1.54, 1.807) is 43.3 Å². The maximum Gasteiger partial charge on any atom is 0.255 e. The number of hydrogen-bond donors (Lipinski definition) is 2. The van der Waals surface area contributed by atoms with E-state index in [9.17, 15) is 9.59 Å². The third-order valence-electron chi connectivity index (χ3n) is 2.91. The van der Waals surface area contributed by atoms with Gasteiger partial charge in [-0.05, 0) is 36.4 Å². The number of amides is 2. The Morgan fingerprint density at radius 2 is 1.64 bits per heavy atom. The van der Waals surface area contributed by atoms with Crippen LogP contribution in [0.4, 0.5) is 11.4 Å². The van der Waals surface area contributed by atoms with E-state index in [0.717, 1.165) is 0 Å². The normalized spacial score (nSPS) is 10.1. The molecule has 0 aliphatic rings. The summed E-state index contributed by atoms with van der Waals surface area (Å²) in [6.07, 6.45) is 0.389. The van der Waals surface area contributed by atoms with Crippen molar-refractivity contribution in [3.8, 4) is 0 Å². The quantitative estimate of drug-likeness (QED) is 0.857. The lowest BCUT2D eigenvalue weighted by molar-refractivity contribution is -0.115. The Labute approximate surface area is 138 Å². The highest BCUT2D eigenvalue weighted by Crippen LogP contribution is 2.23. The minimum absolute atomic E-state index is 0.0899. The minimum atomic E-state index is -0.308. The van der Waals surface area contributed by atoms with Crippen LogP contribution >= 0.6 is 23.2 Å². The van der Waals surface area contributed by atoms with Gasteiger partial charge in [0.05, 0.1) is 10.0 Å². The fraction of sp³-hybridized carbons (Fsp3) is 0.125. The van der Waals surface area contributed by atoms with Crippen LogP contribution in [0.25, 0.3) is 0 Å². The van der Waals surface area contributed by atoms with E-state index in [2.05, 4.69) is 10.6 Å². The van der Waals surface area contributed by atoms with Crippen LogP contribution < -0.4 is 10.6 Å². The summed E-state index contributed by atoms with van der Waals surface area (Å²) in [5.41, 5.74) is 1.60. The average molecular weight is 337 g/mol. The molecular weight excluding hydrogens is 323 g/mol. The zero-order valence-electron chi connectivity index (χ0n) is 11.8. The second kappa shape index (κ2) is 7.29. The number of nitrogens with one attached hydrogen (secondary N) is 2. The summed E-state index contributed by atoms with van der Waals surface area (Å²) in [6.45, 7) is 1.77. The topological polar surface area (TPSA) is 58.2 Å². The molecular formula is C16H14Cl2N2O2. The number of hydrogen-bond acceptors (Lipinski definition) is 2. The van der Waals surface area contributed by atoms with Gasteiger partial charge in [0, 0.05) is 23.4 Å². The van der Waals surface area contributed by atoms with Gasteiger partial charge in [-0.25, -0.2) is 0 Å². The highest BCUT2D eigenvalue weighted by Gasteiger charge is 2.09. The van der Waals surface area contributed by atoms with Crippen molar-refractivity contribution >= 4 is 46.4 Å². The van der Waals surface area contributed by atoms with Crippen molar-refractivity contribution in [3.63, 3.8) is 0 Å². The van der Waals surface area contributed by atoms with E-state index in [0.29, 0.717) is 33.4 Å². The summed E-state index contributed by atoms with van der Waals surface area (Å²) in [6, 6.07) is 11.6. The molecule has 22 heavy (non-hydrogen) atoms. The number of rotatable bonds is 4. The molecule has 2 rings (SSSR count). The molecule has 0 aliphatic heterocycles. The van der Waals surface area contributed by atoms with Crippen molar-refractivity contribution in [1.82, 2.24) is 0 Å². The van der Waals surface area contributed by atoms with Crippen LogP contribution in [0.1, 0.15) is 23.7 Å². The first-order chi connectivity index (χ1) is 10.5. The lowest BCUT2D eigenvalue weighted by atomic mass is 10.2. The minimum Gasteiger partial charge on any atom is -0.326 e. The fourth-order valence-electron chi connectivity index (χ4n) is 1.76. The van der Waals surface area contributed by atoms with Crippen LogP contribution in [-0.2, 0) is 4.79 Å². The lowest BCUT2D eigenvalue weighted by Gasteiger charge is -2.09. The van der Waals surface area contributed by atoms with Crippen molar-refractivity contribution in [2.24, 2.45) is 0 Å². The first kappa shape index (κ1) is 16.3. The standard InChI is InChI=1S/C16H14Cl2N2O2/c1-2-15(21)19-11-4-3-5-12(9-11)20-16(22)10-6-7-13(17)14(18)8-10/h3-9H,2H2,1H3,(H,19,21)(H,20,22). The Kier molecular flexibility index (Phi) is 5.41. The molecule has 0 unspecified atom stereocenters. The number of benzene rings is 2. The molecule has 0 fully saturated rings. The van der Waals surface area contributed by atoms with Crippen molar-refractivity contribution in [2.75, 3.05) is 10.6 Å². The Hall–Kier alpha value is -2.04. The van der Waals surface area contributed by atoms with Crippen LogP contribution in [-0.4, -0.2) is 11.8 Å². The average Bonchev–Trinajstić information content (AvgIpc) is 2.50. The number of anilines is 2. The van der Waals surface area contributed by atoms with Crippen LogP contribution in [0, 0.1) is 0 Å². The third-order valence-corrected chi connectivity index (χ3v) is 3.65. The molecule has 114 valence electrons. The van der Waals surface area contributed by atoms with Crippen LogP contribution in [0.2, 0.25) is 10.0 Å². The molecule has 0 spiro atoms. The smallest absolute Gasteiger partial charge is 0.255 e. The molecule has 0 saturated carbocycles. The molecule has 0 heterocycles. The first-order valence-electron chi connectivity index (χ1n) is 6.66. The van der Waals surface area contributed by atoms with E-state index >= 15 is 0 Å². The van der Waals surface area contributed by atoms with Gasteiger partial charge in [0.1, 0.15) is 0 Å². The third kappa shape index (κ3) is 4.23. The van der Waals surface area contributed by atoms with E-state index in [4.69, 9.17) is 23.2 Å². The highest BCUT2D eigenvalue weighted by molar-refractivity contribution is 6.42. The summed E-state index contributed by atoms with van der Waals surface area (Å²) in [4.78, 5) is 23.5. The molecule has 0 aliphatic carbocycles. The Morgan fingerprint density at radius 1 is 0.955 bits per heavy atom. The van der Waals surface area contributed by atoms with Gasteiger partial charge in [0.2, 0.25) is 5.91 Å². The maximum absolute atomic E-state index is 12.2. The molecule has 0 saturated heterocycles. The number of carbonyl (C=O) groups excluding carboxylic acids is 2. The highest BCUT2D eigenvalue weighted by atomic mass is 35.5. The van der Waals surface area contributed by atoms with E-state index < -0.39 is 0 Å². The molecule has 0 bridgehead atoms. The summed E-state index contributed by atoms with van der Waals surface area (Å²) >= 11 is 11.7. The van der Waals surface area contributed by atoms with Gasteiger partial charge >= 0.3 is 0 Å². The second-order valence-electron chi connectivity index (χ2n) is 4.57. The maximum atomic E-state index is 12.2. The molecule has 2 amide bonds. The van der Waals surface area contributed by atoms with E-state index in [-0.39, 0.29) is 11.8 Å². The zero-order valence-corrected chi connectivity index (χ0v) is 13.3. The fourth-order valence-corrected chi connectivity index (χ4v) is 2.06. The summed E-state index contributed by atoms with van der Waals surface area (Å²) in [7, 11) is 0. The van der Waals surface area contributed by atoms with E-state index in [1.807, 2.05) is 0 Å². The van der Waals surface area contributed by atoms with Gasteiger partial charge in [-0.15, -0.1) is 0 Å². The largest absolute Gasteiger partial charge is 0.326 e. The van der Waals surface area contributed by atoms with Crippen molar-refractivity contribution in [3.05, 3.63) is 58.1 Å². The monoisotopic (exact) mass is 336 g/mol. The second-order valence-corrected chi connectivity index (χ2v) is 5.38. The van der Waals surface area contributed by atoms with E-state index in [1.165, 1.54) is 6.07 Å². The molecule has 2 aromatic carbocycles. The van der Waals surface area contributed by atoms with Gasteiger partial charge in [-0.2, -0.15) is 0 Å². The van der Waals surface area contributed by atoms with Gasteiger partial charge in [-0.1, -0.05) is 36.2 Å². The Morgan fingerprint density at radius 3 is 2.27 bits per heavy atom. The number of halogens is 2. The van der Waals surface area contributed by atoms with Gasteiger partial charge < -0.3 is 10.6 Å². The summed E-state index contributed by atoms with van der Waals surface area (Å²) in [5.74, 6) is -0.398. The predicted molar refractivity (Wildman–Crippen MR) is 89.8 cm³/mol.